The normalized spacial score (nSPS) is 11.7. The molecule has 0 saturated heterocycles. The molecule has 0 aliphatic heterocycles. The maximum absolute atomic E-state index is 13.0. The van der Waals surface area contributed by atoms with Crippen molar-refractivity contribution in [3.63, 3.8) is 0 Å². The number of hydrogen-bond acceptors (Lipinski definition) is 6. The van der Waals surface area contributed by atoms with Crippen molar-refractivity contribution in [2.75, 3.05) is 11.9 Å². The van der Waals surface area contributed by atoms with Gasteiger partial charge in [-0.3, -0.25) is 10.1 Å². The van der Waals surface area contributed by atoms with Crippen LogP contribution in [0.3, 0.4) is 0 Å². The third-order valence-electron chi connectivity index (χ3n) is 3.83. The van der Waals surface area contributed by atoms with E-state index in [1.807, 2.05) is 6.92 Å². The first-order chi connectivity index (χ1) is 13.6. The van der Waals surface area contributed by atoms with Crippen molar-refractivity contribution < 1.29 is 23.2 Å². The fourth-order valence-electron chi connectivity index (χ4n) is 2.44. The molecule has 1 unspecified atom stereocenters. The van der Waals surface area contributed by atoms with Crippen LogP contribution < -0.4 is 14.8 Å². The molecular formula is C20H20FN3O4. The van der Waals surface area contributed by atoms with E-state index in [0.717, 1.165) is 5.75 Å². The fourth-order valence-corrected chi connectivity index (χ4v) is 2.44. The van der Waals surface area contributed by atoms with Gasteiger partial charge in [-0.1, -0.05) is 6.92 Å². The molecule has 1 amide bonds. The van der Waals surface area contributed by atoms with E-state index in [-0.39, 0.29) is 17.7 Å². The molecule has 0 aliphatic rings. The summed E-state index contributed by atoms with van der Waals surface area (Å²) in [5.74, 6) is 0.639. The van der Waals surface area contributed by atoms with Crippen molar-refractivity contribution in [3.05, 3.63) is 54.3 Å². The van der Waals surface area contributed by atoms with Gasteiger partial charge in [0.15, 0.2) is 6.10 Å². The molecule has 1 aromatic heterocycles. The molecular weight excluding hydrogens is 365 g/mol. The molecule has 0 fully saturated rings. The molecule has 3 aromatic rings. The van der Waals surface area contributed by atoms with Crippen LogP contribution in [-0.4, -0.2) is 28.8 Å². The highest BCUT2D eigenvalue weighted by atomic mass is 19.1. The summed E-state index contributed by atoms with van der Waals surface area (Å²) >= 11 is 0. The van der Waals surface area contributed by atoms with Gasteiger partial charge < -0.3 is 14.0 Å². The number of nitrogens with zero attached hydrogens (tertiary/aromatic N) is 2. The van der Waals surface area contributed by atoms with Crippen LogP contribution in [0.4, 0.5) is 10.3 Å². The van der Waals surface area contributed by atoms with E-state index in [1.54, 1.807) is 31.2 Å². The average Bonchev–Trinajstić information content (AvgIpc) is 3.16. The third-order valence-corrected chi connectivity index (χ3v) is 3.83. The van der Waals surface area contributed by atoms with Crippen LogP contribution in [0.1, 0.15) is 20.3 Å². The molecule has 8 heteroatoms. The maximum atomic E-state index is 13.0. The van der Waals surface area contributed by atoms with Crippen molar-refractivity contribution in [2.24, 2.45) is 0 Å². The highest BCUT2D eigenvalue weighted by molar-refractivity contribution is 5.92. The quantitative estimate of drug-likeness (QED) is 0.629. The maximum Gasteiger partial charge on any atom is 0.270 e. The van der Waals surface area contributed by atoms with Gasteiger partial charge in [0.25, 0.3) is 17.7 Å². The monoisotopic (exact) mass is 385 g/mol. The summed E-state index contributed by atoms with van der Waals surface area (Å²) in [7, 11) is 0. The Morgan fingerprint density at radius 3 is 2.43 bits per heavy atom. The van der Waals surface area contributed by atoms with Gasteiger partial charge in [0.1, 0.15) is 17.3 Å². The molecule has 0 saturated carbocycles. The zero-order valence-corrected chi connectivity index (χ0v) is 15.5. The smallest absolute Gasteiger partial charge is 0.270 e. The summed E-state index contributed by atoms with van der Waals surface area (Å²) in [5.41, 5.74) is 0.700. The van der Waals surface area contributed by atoms with Crippen molar-refractivity contribution in [1.82, 2.24) is 10.1 Å². The minimum absolute atomic E-state index is 0.0371. The Morgan fingerprint density at radius 1 is 1.11 bits per heavy atom. The number of hydrogen-bond donors (Lipinski definition) is 1. The van der Waals surface area contributed by atoms with Crippen LogP contribution in [0.2, 0.25) is 0 Å². The molecule has 7 nitrogen and oxygen atoms in total. The van der Waals surface area contributed by atoms with Gasteiger partial charge in [0, 0.05) is 5.56 Å². The van der Waals surface area contributed by atoms with Crippen LogP contribution in [-0.2, 0) is 4.79 Å². The summed E-state index contributed by atoms with van der Waals surface area (Å²) < 4.78 is 29.2. The number of aromatic nitrogens is 2. The second-order valence-electron chi connectivity index (χ2n) is 5.84. The molecule has 0 bridgehead atoms. The molecule has 146 valence electrons. The molecule has 0 radical (unpaired) electrons. The van der Waals surface area contributed by atoms with E-state index in [0.29, 0.717) is 24.3 Å². The Hall–Kier alpha value is -3.42. The Morgan fingerprint density at radius 2 is 1.79 bits per heavy atom. The SMILES string of the molecule is CCOc1ccc(-c2nc(NC(=O)C(CC)Oc3ccc(F)cc3)no2)cc1. The van der Waals surface area contributed by atoms with E-state index in [9.17, 15) is 9.18 Å². The molecule has 1 N–H and O–H groups in total. The molecule has 0 spiro atoms. The number of anilines is 1. The first kappa shape index (κ1) is 19.3. The number of halogens is 1. The molecule has 3 rings (SSSR count). The summed E-state index contributed by atoms with van der Waals surface area (Å²) in [4.78, 5) is 16.6. The zero-order valence-electron chi connectivity index (χ0n) is 15.5. The zero-order chi connectivity index (χ0) is 19.9. The minimum Gasteiger partial charge on any atom is -0.494 e. The average molecular weight is 385 g/mol. The van der Waals surface area contributed by atoms with Crippen molar-refractivity contribution in [1.29, 1.82) is 0 Å². The number of benzene rings is 2. The number of carbonyl (C=O) groups excluding carboxylic acids is 1. The Balaban J connectivity index is 1.64. The third kappa shape index (κ3) is 4.85. The van der Waals surface area contributed by atoms with Gasteiger partial charge >= 0.3 is 0 Å². The van der Waals surface area contributed by atoms with Crippen LogP contribution in [0, 0.1) is 5.82 Å². The highest BCUT2D eigenvalue weighted by Gasteiger charge is 2.21. The predicted molar refractivity (Wildman–Crippen MR) is 101 cm³/mol. The topological polar surface area (TPSA) is 86.5 Å². The number of ether oxygens (including phenoxy) is 2. The lowest BCUT2D eigenvalue weighted by atomic mass is 10.2. The van der Waals surface area contributed by atoms with E-state index in [2.05, 4.69) is 15.5 Å². The fraction of sp³-hybridized carbons (Fsp3) is 0.250. The van der Waals surface area contributed by atoms with Gasteiger partial charge in [0.2, 0.25) is 0 Å². The van der Waals surface area contributed by atoms with Gasteiger partial charge in [-0.05, 0) is 67.0 Å². The lowest BCUT2D eigenvalue weighted by molar-refractivity contribution is -0.122. The standard InChI is InChI=1S/C20H20FN3O4/c1-3-17(27-16-11-7-14(21)8-12-16)18(25)22-20-23-19(28-24-20)13-5-9-15(10-6-13)26-4-2/h5-12,17H,3-4H2,1-2H3,(H,22,24,25). The summed E-state index contributed by atoms with van der Waals surface area (Å²) in [6.45, 7) is 4.29. The molecule has 28 heavy (non-hydrogen) atoms. The molecule has 0 aliphatic carbocycles. The number of carbonyl (C=O) groups is 1. The summed E-state index contributed by atoms with van der Waals surface area (Å²) in [6.07, 6.45) is -0.370. The van der Waals surface area contributed by atoms with Gasteiger partial charge in [-0.25, -0.2) is 4.39 Å². The highest BCUT2D eigenvalue weighted by Crippen LogP contribution is 2.22. The van der Waals surface area contributed by atoms with E-state index < -0.39 is 12.0 Å². The van der Waals surface area contributed by atoms with Crippen molar-refractivity contribution >= 4 is 11.9 Å². The summed E-state index contributed by atoms with van der Waals surface area (Å²) in [5, 5.41) is 6.34. The lowest BCUT2D eigenvalue weighted by Gasteiger charge is -2.15. The van der Waals surface area contributed by atoms with E-state index in [1.165, 1.54) is 24.3 Å². The first-order valence-corrected chi connectivity index (χ1v) is 8.89. The van der Waals surface area contributed by atoms with E-state index in [4.69, 9.17) is 14.0 Å². The molecule has 2 aromatic carbocycles. The molecule has 1 heterocycles. The second kappa shape index (κ2) is 8.98. The predicted octanol–water partition coefficient (Wildman–Crippen LogP) is 4.07. The van der Waals surface area contributed by atoms with Gasteiger partial charge in [0.05, 0.1) is 6.61 Å². The van der Waals surface area contributed by atoms with Crippen molar-refractivity contribution in [3.8, 4) is 23.0 Å². The van der Waals surface area contributed by atoms with Gasteiger partial charge in [-0.2, -0.15) is 4.98 Å². The second-order valence-corrected chi connectivity index (χ2v) is 5.84. The van der Waals surface area contributed by atoms with Crippen LogP contribution in [0.15, 0.2) is 53.1 Å². The van der Waals surface area contributed by atoms with Crippen LogP contribution in [0.25, 0.3) is 11.5 Å². The first-order valence-electron chi connectivity index (χ1n) is 8.89. The van der Waals surface area contributed by atoms with Crippen LogP contribution >= 0.6 is 0 Å². The summed E-state index contributed by atoms with van der Waals surface area (Å²) in [6, 6.07) is 12.6. The number of amides is 1. The minimum atomic E-state index is -0.780. The largest absolute Gasteiger partial charge is 0.494 e. The van der Waals surface area contributed by atoms with E-state index >= 15 is 0 Å². The number of rotatable bonds is 8. The lowest BCUT2D eigenvalue weighted by Crippen LogP contribution is -2.32. The Kier molecular flexibility index (Phi) is 6.21. The van der Waals surface area contributed by atoms with Gasteiger partial charge in [-0.15, -0.1) is 0 Å². The van der Waals surface area contributed by atoms with Crippen molar-refractivity contribution in [2.45, 2.75) is 26.4 Å². The number of nitrogens with one attached hydrogen (secondary N) is 1. The van der Waals surface area contributed by atoms with Crippen LogP contribution in [0.5, 0.6) is 11.5 Å². The Bertz CT molecular complexity index is 910. The molecule has 1 atom stereocenters. The Labute approximate surface area is 161 Å².